The van der Waals surface area contributed by atoms with Crippen LogP contribution in [0, 0.1) is 6.92 Å². The minimum absolute atomic E-state index is 0.382. The lowest BCUT2D eigenvalue weighted by Crippen LogP contribution is -2.42. The Morgan fingerprint density at radius 1 is 1.22 bits per heavy atom. The minimum Gasteiger partial charge on any atom is -0.344 e. The quantitative estimate of drug-likeness (QED) is 0.820. The van der Waals surface area contributed by atoms with E-state index >= 15 is 0 Å². The van der Waals surface area contributed by atoms with Crippen LogP contribution in [-0.2, 0) is 16.1 Å². The number of aryl methyl sites for hydroxylation is 1. The Hall–Kier alpha value is -1.84. The highest BCUT2D eigenvalue weighted by Gasteiger charge is 2.18. The maximum absolute atomic E-state index is 11.7. The maximum atomic E-state index is 11.7. The van der Waals surface area contributed by atoms with E-state index in [1.165, 1.54) is 4.90 Å². The molecule has 0 spiro atoms. The van der Waals surface area contributed by atoms with E-state index in [1.807, 2.05) is 45.0 Å². The smallest absolute Gasteiger partial charge is 0.311 e. The molecule has 1 rings (SSSR count). The predicted molar refractivity (Wildman–Crippen MR) is 71.0 cm³/mol. The van der Waals surface area contributed by atoms with E-state index in [9.17, 15) is 9.59 Å². The van der Waals surface area contributed by atoms with Crippen LogP contribution in [0.5, 0.6) is 0 Å². The van der Waals surface area contributed by atoms with Crippen molar-refractivity contribution in [1.29, 1.82) is 0 Å². The third-order valence-corrected chi connectivity index (χ3v) is 2.78. The summed E-state index contributed by atoms with van der Waals surface area (Å²) in [6, 6.07) is 7.84. The van der Waals surface area contributed by atoms with Crippen molar-refractivity contribution < 1.29 is 9.59 Å². The van der Waals surface area contributed by atoms with Gasteiger partial charge in [0.2, 0.25) is 0 Å². The second-order valence-electron chi connectivity index (χ2n) is 4.15. The van der Waals surface area contributed by atoms with Crippen molar-refractivity contribution in [1.82, 2.24) is 10.2 Å². The molecule has 0 atom stereocenters. The van der Waals surface area contributed by atoms with Gasteiger partial charge in [0, 0.05) is 19.6 Å². The second-order valence-corrected chi connectivity index (χ2v) is 4.15. The van der Waals surface area contributed by atoms with Crippen LogP contribution in [0.3, 0.4) is 0 Å². The van der Waals surface area contributed by atoms with Gasteiger partial charge in [-0.05, 0) is 26.3 Å². The summed E-state index contributed by atoms with van der Waals surface area (Å²) in [5.74, 6) is -1.01. The lowest BCUT2D eigenvalue weighted by Gasteiger charge is -2.17. The van der Waals surface area contributed by atoms with Gasteiger partial charge in [0.15, 0.2) is 0 Å². The summed E-state index contributed by atoms with van der Waals surface area (Å²) in [6.45, 7) is 7.19. The Kier molecular flexibility index (Phi) is 5.36. The van der Waals surface area contributed by atoms with Crippen molar-refractivity contribution in [2.24, 2.45) is 0 Å². The molecular weight excluding hydrogens is 228 g/mol. The molecule has 0 radical (unpaired) electrons. The van der Waals surface area contributed by atoms with E-state index in [4.69, 9.17) is 0 Å². The van der Waals surface area contributed by atoms with Crippen LogP contribution in [0.4, 0.5) is 0 Å². The van der Waals surface area contributed by atoms with Gasteiger partial charge in [-0.1, -0.05) is 29.8 Å². The zero-order valence-electron chi connectivity index (χ0n) is 11.2. The van der Waals surface area contributed by atoms with E-state index in [0.717, 1.165) is 11.1 Å². The molecule has 98 valence electrons. The lowest BCUT2D eigenvalue weighted by atomic mass is 10.1. The van der Waals surface area contributed by atoms with E-state index < -0.39 is 11.8 Å². The number of rotatable bonds is 4. The summed E-state index contributed by atoms with van der Waals surface area (Å²) >= 11 is 0. The summed E-state index contributed by atoms with van der Waals surface area (Å²) in [7, 11) is 0. The number of carbonyl (C=O) groups is 2. The van der Waals surface area contributed by atoms with Gasteiger partial charge in [-0.15, -0.1) is 0 Å². The van der Waals surface area contributed by atoms with E-state index in [0.29, 0.717) is 19.6 Å². The molecule has 0 aliphatic carbocycles. The molecule has 0 aliphatic heterocycles. The van der Waals surface area contributed by atoms with Crippen molar-refractivity contribution in [3.8, 4) is 0 Å². The van der Waals surface area contributed by atoms with Gasteiger partial charge in [-0.25, -0.2) is 0 Å². The maximum Gasteiger partial charge on any atom is 0.311 e. The Bertz CT molecular complexity index is 426. The molecule has 0 saturated carbocycles. The monoisotopic (exact) mass is 248 g/mol. The Labute approximate surface area is 108 Å². The second kappa shape index (κ2) is 6.79. The predicted octanol–water partition coefficient (Wildman–Crippen LogP) is 1.48. The number of hydrogen-bond donors (Lipinski definition) is 1. The first-order valence-corrected chi connectivity index (χ1v) is 6.21. The number of nitrogens with zero attached hydrogens (tertiary/aromatic N) is 1. The molecule has 0 fully saturated rings. The Morgan fingerprint density at radius 2 is 1.89 bits per heavy atom. The SMILES string of the molecule is CCN(CC)C(=O)C(=O)NCc1cccc(C)c1. The van der Waals surface area contributed by atoms with Crippen molar-refractivity contribution in [3.63, 3.8) is 0 Å². The summed E-state index contributed by atoms with van der Waals surface area (Å²) in [5.41, 5.74) is 2.13. The van der Waals surface area contributed by atoms with Crippen molar-refractivity contribution >= 4 is 11.8 Å². The lowest BCUT2D eigenvalue weighted by molar-refractivity contribution is -0.145. The number of nitrogens with one attached hydrogen (secondary N) is 1. The van der Waals surface area contributed by atoms with E-state index in [-0.39, 0.29) is 0 Å². The molecule has 1 N–H and O–H groups in total. The van der Waals surface area contributed by atoms with Gasteiger partial charge in [0.1, 0.15) is 0 Å². The number of likely N-dealkylation sites (N-methyl/N-ethyl adjacent to an activating group) is 1. The largest absolute Gasteiger partial charge is 0.344 e. The summed E-state index contributed by atoms with van der Waals surface area (Å²) in [5, 5.41) is 2.64. The third kappa shape index (κ3) is 3.87. The van der Waals surface area contributed by atoms with Crippen molar-refractivity contribution in [2.45, 2.75) is 27.3 Å². The molecule has 18 heavy (non-hydrogen) atoms. The normalized spacial score (nSPS) is 9.94. The molecule has 0 aliphatic rings. The molecule has 4 heteroatoms. The van der Waals surface area contributed by atoms with Gasteiger partial charge in [-0.2, -0.15) is 0 Å². The fourth-order valence-electron chi connectivity index (χ4n) is 1.73. The van der Waals surface area contributed by atoms with Gasteiger partial charge in [-0.3, -0.25) is 9.59 Å². The third-order valence-electron chi connectivity index (χ3n) is 2.78. The first kappa shape index (κ1) is 14.2. The standard InChI is InChI=1S/C14H20N2O2/c1-4-16(5-2)14(18)13(17)15-10-12-8-6-7-11(3)9-12/h6-9H,4-5,10H2,1-3H3,(H,15,17). The molecule has 1 aromatic rings. The van der Waals surface area contributed by atoms with Crippen LogP contribution in [0.2, 0.25) is 0 Å². The molecule has 0 unspecified atom stereocenters. The van der Waals surface area contributed by atoms with Crippen LogP contribution in [0.1, 0.15) is 25.0 Å². The highest BCUT2D eigenvalue weighted by Crippen LogP contribution is 2.03. The summed E-state index contributed by atoms with van der Waals surface area (Å²) in [4.78, 5) is 24.9. The first-order valence-electron chi connectivity index (χ1n) is 6.21. The molecule has 0 bridgehead atoms. The first-order chi connectivity index (χ1) is 8.58. The van der Waals surface area contributed by atoms with Crippen LogP contribution in [0.25, 0.3) is 0 Å². The van der Waals surface area contributed by atoms with E-state index in [1.54, 1.807) is 0 Å². The van der Waals surface area contributed by atoms with Gasteiger partial charge < -0.3 is 10.2 Å². The summed E-state index contributed by atoms with van der Waals surface area (Å²) in [6.07, 6.45) is 0. The van der Waals surface area contributed by atoms with Crippen molar-refractivity contribution in [2.75, 3.05) is 13.1 Å². The van der Waals surface area contributed by atoms with E-state index in [2.05, 4.69) is 5.32 Å². The number of benzene rings is 1. The Balaban J connectivity index is 2.53. The Morgan fingerprint density at radius 3 is 2.44 bits per heavy atom. The average molecular weight is 248 g/mol. The minimum atomic E-state index is -0.541. The molecule has 1 aromatic carbocycles. The molecule has 2 amide bonds. The van der Waals surface area contributed by atoms with Crippen LogP contribution in [0.15, 0.2) is 24.3 Å². The van der Waals surface area contributed by atoms with Crippen LogP contribution in [-0.4, -0.2) is 29.8 Å². The highest BCUT2D eigenvalue weighted by molar-refractivity contribution is 6.34. The number of amides is 2. The van der Waals surface area contributed by atoms with Gasteiger partial charge in [0.05, 0.1) is 0 Å². The zero-order valence-corrected chi connectivity index (χ0v) is 11.2. The number of carbonyl (C=O) groups excluding carboxylic acids is 2. The fourth-order valence-corrected chi connectivity index (χ4v) is 1.73. The molecular formula is C14H20N2O2. The molecule has 4 nitrogen and oxygen atoms in total. The molecule has 0 aromatic heterocycles. The fraction of sp³-hybridized carbons (Fsp3) is 0.429. The van der Waals surface area contributed by atoms with Gasteiger partial charge in [0.25, 0.3) is 0 Å². The summed E-state index contributed by atoms with van der Waals surface area (Å²) < 4.78 is 0. The zero-order chi connectivity index (χ0) is 13.5. The highest BCUT2D eigenvalue weighted by atomic mass is 16.2. The molecule has 0 heterocycles. The number of hydrogen-bond acceptors (Lipinski definition) is 2. The van der Waals surface area contributed by atoms with Crippen LogP contribution >= 0.6 is 0 Å². The van der Waals surface area contributed by atoms with Crippen molar-refractivity contribution in [3.05, 3.63) is 35.4 Å². The van der Waals surface area contributed by atoms with Crippen LogP contribution < -0.4 is 5.32 Å². The topological polar surface area (TPSA) is 49.4 Å². The van der Waals surface area contributed by atoms with Gasteiger partial charge >= 0.3 is 11.8 Å². The molecule has 0 saturated heterocycles. The average Bonchev–Trinajstić information content (AvgIpc) is 2.37.